The molecule has 2 heterocycles. The summed E-state index contributed by atoms with van der Waals surface area (Å²) in [4.78, 5) is 9.35. The largest absolute Gasteiger partial charge is 0.369 e. The van der Waals surface area contributed by atoms with Crippen LogP contribution in [0.2, 0.25) is 0 Å². The molecule has 0 radical (unpaired) electrons. The zero-order valence-electron chi connectivity index (χ0n) is 13.1. The Morgan fingerprint density at radius 1 is 1.24 bits per heavy atom. The highest BCUT2D eigenvalue weighted by atomic mass is 79.9. The Bertz CT molecular complexity index is 617. The molecule has 0 fully saturated rings. The van der Waals surface area contributed by atoms with Crippen molar-refractivity contribution >= 4 is 21.7 Å². The van der Waals surface area contributed by atoms with E-state index in [0.717, 1.165) is 46.0 Å². The predicted octanol–water partition coefficient (Wildman–Crippen LogP) is 4.14. The topological polar surface area (TPSA) is 63.8 Å². The summed E-state index contributed by atoms with van der Waals surface area (Å²) in [6.07, 6.45) is 0.887. The second-order valence-corrected chi connectivity index (χ2v) is 6.28. The molecule has 0 aliphatic rings. The molecule has 0 amide bonds. The highest BCUT2D eigenvalue weighted by Gasteiger charge is 2.19. The molecule has 21 heavy (non-hydrogen) atoms. The highest BCUT2D eigenvalue weighted by Crippen LogP contribution is 2.31. The third-order valence-electron chi connectivity index (χ3n) is 3.12. The predicted molar refractivity (Wildman–Crippen MR) is 87.4 cm³/mol. The van der Waals surface area contributed by atoms with Gasteiger partial charge in [0.1, 0.15) is 11.6 Å². The lowest BCUT2D eigenvalue weighted by molar-refractivity contribution is 0.393. The SMILES string of the molecule is CCNc1nc(-c2c(C)noc2C)nc(CC(C)C)c1Br. The van der Waals surface area contributed by atoms with Crippen molar-refractivity contribution in [3.63, 3.8) is 0 Å². The summed E-state index contributed by atoms with van der Waals surface area (Å²) in [6, 6.07) is 0. The first kappa shape index (κ1) is 15.9. The van der Waals surface area contributed by atoms with Crippen molar-refractivity contribution in [3.05, 3.63) is 21.6 Å². The molecule has 0 aliphatic heterocycles. The molecule has 0 saturated heterocycles. The monoisotopic (exact) mass is 352 g/mol. The zero-order chi connectivity index (χ0) is 15.6. The van der Waals surface area contributed by atoms with Crippen LogP contribution in [0.4, 0.5) is 5.82 Å². The smallest absolute Gasteiger partial charge is 0.167 e. The van der Waals surface area contributed by atoms with Gasteiger partial charge < -0.3 is 9.84 Å². The van der Waals surface area contributed by atoms with Crippen LogP contribution in [0.1, 0.15) is 37.9 Å². The van der Waals surface area contributed by atoms with Crippen LogP contribution < -0.4 is 5.32 Å². The minimum atomic E-state index is 0.517. The molecule has 114 valence electrons. The lowest BCUT2D eigenvalue weighted by atomic mass is 10.1. The fourth-order valence-corrected chi connectivity index (χ4v) is 2.69. The maximum atomic E-state index is 5.24. The molecule has 0 saturated carbocycles. The van der Waals surface area contributed by atoms with Crippen molar-refractivity contribution in [3.8, 4) is 11.4 Å². The fourth-order valence-electron chi connectivity index (χ4n) is 2.21. The Morgan fingerprint density at radius 2 is 1.95 bits per heavy atom. The lowest BCUT2D eigenvalue weighted by Crippen LogP contribution is -2.08. The molecular weight excluding hydrogens is 332 g/mol. The van der Waals surface area contributed by atoms with Gasteiger partial charge in [0.25, 0.3) is 0 Å². The summed E-state index contributed by atoms with van der Waals surface area (Å²) >= 11 is 3.62. The number of nitrogens with zero attached hydrogens (tertiary/aromatic N) is 3. The molecule has 0 bridgehead atoms. The number of halogens is 1. The summed E-state index contributed by atoms with van der Waals surface area (Å²) in [5.41, 5.74) is 2.70. The molecule has 0 atom stereocenters. The number of rotatable bonds is 5. The van der Waals surface area contributed by atoms with Crippen molar-refractivity contribution in [2.24, 2.45) is 5.92 Å². The van der Waals surface area contributed by atoms with E-state index in [1.165, 1.54) is 0 Å². The minimum Gasteiger partial charge on any atom is -0.369 e. The maximum absolute atomic E-state index is 5.24. The first-order valence-corrected chi connectivity index (χ1v) is 7.96. The van der Waals surface area contributed by atoms with Crippen LogP contribution in [-0.2, 0) is 6.42 Å². The number of hydrogen-bond acceptors (Lipinski definition) is 5. The Kier molecular flexibility index (Phi) is 4.98. The summed E-state index contributed by atoms with van der Waals surface area (Å²) < 4.78 is 6.18. The Hall–Kier alpha value is -1.43. The molecule has 2 aromatic heterocycles. The molecule has 1 N–H and O–H groups in total. The molecule has 2 aromatic rings. The molecular formula is C15H21BrN4O. The van der Waals surface area contributed by atoms with Gasteiger partial charge in [-0.1, -0.05) is 19.0 Å². The van der Waals surface area contributed by atoms with E-state index in [1.54, 1.807) is 0 Å². The maximum Gasteiger partial charge on any atom is 0.167 e. The van der Waals surface area contributed by atoms with Crippen LogP contribution >= 0.6 is 15.9 Å². The Balaban J connectivity index is 2.58. The van der Waals surface area contributed by atoms with Gasteiger partial charge in [0, 0.05) is 6.54 Å². The first-order chi connectivity index (χ1) is 9.93. The Labute approximate surface area is 133 Å². The van der Waals surface area contributed by atoms with Crippen molar-refractivity contribution in [2.45, 2.75) is 41.0 Å². The molecule has 6 heteroatoms. The molecule has 0 aliphatic carbocycles. The third-order valence-corrected chi connectivity index (χ3v) is 3.96. The van der Waals surface area contributed by atoms with Gasteiger partial charge in [-0.25, -0.2) is 9.97 Å². The van der Waals surface area contributed by atoms with E-state index in [4.69, 9.17) is 9.51 Å². The quantitative estimate of drug-likeness (QED) is 0.875. The van der Waals surface area contributed by atoms with Gasteiger partial charge in [0.2, 0.25) is 0 Å². The van der Waals surface area contributed by atoms with E-state index >= 15 is 0 Å². The van der Waals surface area contributed by atoms with Crippen molar-refractivity contribution in [1.29, 1.82) is 0 Å². The summed E-state index contributed by atoms with van der Waals surface area (Å²) in [7, 11) is 0. The molecule has 5 nitrogen and oxygen atoms in total. The van der Waals surface area contributed by atoms with E-state index in [1.807, 2.05) is 20.8 Å². The van der Waals surface area contributed by atoms with Gasteiger partial charge in [-0.2, -0.15) is 0 Å². The normalized spacial score (nSPS) is 11.2. The summed E-state index contributed by atoms with van der Waals surface area (Å²) in [5, 5.41) is 7.28. The van der Waals surface area contributed by atoms with E-state index in [2.05, 4.69) is 45.2 Å². The van der Waals surface area contributed by atoms with Crippen molar-refractivity contribution in [1.82, 2.24) is 15.1 Å². The van der Waals surface area contributed by atoms with Crippen LogP contribution in [0.15, 0.2) is 9.00 Å². The van der Waals surface area contributed by atoms with Crippen molar-refractivity contribution < 1.29 is 4.52 Å². The average Bonchev–Trinajstić information content (AvgIpc) is 2.73. The van der Waals surface area contributed by atoms with Crippen LogP contribution in [0, 0.1) is 19.8 Å². The van der Waals surface area contributed by atoms with Gasteiger partial charge in [-0.05, 0) is 49.0 Å². The van der Waals surface area contributed by atoms with Crippen LogP contribution in [0.25, 0.3) is 11.4 Å². The van der Waals surface area contributed by atoms with E-state index < -0.39 is 0 Å². The standard InChI is InChI=1S/C15H21BrN4O/c1-6-17-15-13(16)11(7-8(2)3)18-14(19-15)12-9(4)20-21-10(12)5/h8H,6-7H2,1-5H3,(H,17,18,19). The van der Waals surface area contributed by atoms with Crippen LogP contribution in [-0.4, -0.2) is 21.7 Å². The van der Waals surface area contributed by atoms with E-state index in [-0.39, 0.29) is 0 Å². The van der Waals surface area contributed by atoms with Gasteiger partial charge in [-0.15, -0.1) is 0 Å². The number of nitrogens with one attached hydrogen (secondary N) is 1. The van der Waals surface area contributed by atoms with Crippen LogP contribution in [0.5, 0.6) is 0 Å². The first-order valence-electron chi connectivity index (χ1n) is 7.17. The summed E-state index contributed by atoms with van der Waals surface area (Å²) in [5.74, 6) is 2.75. The fraction of sp³-hybridized carbons (Fsp3) is 0.533. The van der Waals surface area contributed by atoms with Crippen molar-refractivity contribution in [2.75, 3.05) is 11.9 Å². The molecule has 0 spiro atoms. The second-order valence-electron chi connectivity index (χ2n) is 5.48. The average molecular weight is 353 g/mol. The third kappa shape index (κ3) is 3.43. The number of aromatic nitrogens is 3. The van der Waals surface area contributed by atoms with E-state index in [0.29, 0.717) is 11.7 Å². The number of hydrogen-bond donors (Lipinski definition) is 1. The minimum absolute atomic E-state index is 0.517. The molecule has 0 unspecified atom stereocenters. The Morgan fingerprint density at radius 3 is 2.48 bits per heavy atom. The molecule has 2 rings (SSSR count). The van der Waals surface area contributed by atoms with Gasteiger partial charge in [0.05, 0.1) is 21.4 Å². The van der Waals surface area contributed by atoms with E-state index in [9.17, 15) is 0 Å². The van der Waals surface area contributed by atoms with Gasteiger partial charge >= 0.3 is 0 Å². The van der Waals surface area contributed by atoms with Gasteiger partial charge in [0.15, 0.2) is 5.82 Å². The number of anilines is 1. The second kappa shape index (κ2) is 6.56. The zero-order valence-corrected chi connectivity index (χ0v) is 14.7. The lowest BCUT2D eigenvalue weighted by Gasteiger charge is -2.13. The van der Waals surface area contributed by atoms with Gasteiger partial charge in [-0.3, -0.25) is 0 Å². The van der Waals surface area contributed by atoms with Crippen LogP contribution in [0.3, 0.4) is 0 Å². The summed E-state index contributed by atoms with van der Waals surface area (Å²) in [6.45, 7) is 11.0. The highest BCUT2D eigenvalue weighted by molar-refractivity contribution is 9.10. The number of aryl methyl sites for hydroxylation is 2. The molecule has 0 aromatic carbocycles.